The number of halogens is 2. The lowest BCUT2D eigenvalue weighted by Crippen LogP contribution is -2.24. The van der Waals surface area contributed by atoms with Gasteiger partial charge in [0.2, 0.25) is 0 Å². The highest BCUT2D eigenvalue weighted by Crippen LogP contribution is 2.32. The highest BCUT2D eigenvalue weighted by Gasteiger charge is 2.19. The molecule has 19 heavy (non-hydrogen) atoms. The third kappa shape index (κ3) is 5.50. The monoisotopic (exact) mass is 285 g/mol. The van der Waals surface area contributed by atoms with Crippen LogP contribution in [-0.4, -0.2) is 6.54 Å². The fraction of sp³-hybridized carbons (Fsp3) is 0.625. The zero-order chi connectivity index (χ0) is 14.5. The van der Waals surface area contributed by atoms with E-state index >= 15 is 0 Å². The lowest BCUT2D eigenvalue weighted by atomic mass is 9.87. The Bertz CT molecular complexity index is 398. The number of rotatable bonds is 6. The minimum Gasteiger partial charge on any atom is -0.310 e. The fourth-order valence-electron chi connectivity index (χ4n) is 2.05. The minimum absolute atomic E-state index is 0.127. The molecule has 0 bridgehead atoms. The lowest BCUT2D eigenvalue weighted by molar-refractivity contribution is 0.332. The van der Waals surface area contributed by atoms with E-state index in [2.05, 4.69) is 33.0 Å². The van der Waals surface area contributed by atoms with Crippen molar-refractivity contribution in [1.29, 1.82) is 0 Å². The summed E-state index contributed by atoms with van der Waals surface area (Å²) in [5.41, 5.74) is 1.14. The van der Waals surface area contributed by atoms with Gasteiger partial charge in [0.25, 0.3) is 0 Å². The third-order valence-corrected chi connectivity index (χ3v) is 3.58. The Morgan fingerprint density at radius 2 is 2.00 bits per heavy atom. The molecule has 1 N–H and O–H groups in total. The predicted molar refractivity (Wildman–Crippen MR) is 81.1 cm³/mol. The maximum absolute atomic E-state index is 13.6. The molecule has 0 aromatic heterocycles. The molecule has 0 amide bonds. The molecule has 0 aliphatic rings. The minimum atomic E-state index is -0.335. The van der Waals surface area contributed by atoms with Gasteiger partial charge >= 0.3 is 0 Å². The van der Waals surface area contributed by atoms with E-state index in [1.807, 2.05) is 6.07 Å². The van der Waals surface area contributed by atoms with Gasteiger partial charge in [-0.25, -0.2) is 4.39 Å². The van der Waals surface area contributed by atoms with Gasteiger partial charge in [-0.15, -0.1) is 0 Å². The summed E-state index contributed by atoms with van der Waals surface area (Å²) in [6, 6.07) is 5.18. The van der Waals surface area contributed by atoms with Crippen molar-refractivity contribution in [2.45, 2.75) is 53.0 Å². The molecular formula is C16H25ClFN. The second-order valence-corrected chi connectivity index (χ2v) is 6.63. The van der Waals surface area contributed by atoms with Gasteiger partial charge in [0.05, 0.1) is 5.02 Å². The van der Waals surface area contributed by atoms with E-state index in [4.69, 9.17) is 11.6 Å². The fourth-order valence-corrected chi connectivity index (χ4v) is 2.31. The number of benzene rings is 1. The number of hydrogen-bond donors (Lipinski definition) is 1. The molecule has 0 saturated carbocycles. The zero-order valence-electron chi connectivity index (χ0n) is 12.4. The van der Waals surface area contributed by atoms with Crippen molar-refractivity contribution < 1.29 is 4.39 Å². The average Bonchev–Trinajstić information content (AvgIpc) is 2.32. The zero-order valence-corrected chi connectivity index (χ0v) is 13.1. The van der Waals surface area contributed by atoms with E-state index in [0.717, 1.165) is 31.4 Å². The molecule has 1 rings (SSSR count). The van der Waals surface area contributed by atoms with Crippen LogP contribution in [0.4, 0.5) is 4.39 Å². The van der Waals surface area contributed by atoms with E-state index in [1.165, 1.54) is 6.07 Å². The first-order valence-corrected chi connectivity index (χ1v) is 7.40. The summed E-state index contributed by atoms with van der Waals surface area (Å²) in [4.78, 5) is 0. The molecule has 0 radical (unpaired) electrons. The van der Waals surface area contributed by atoms with E-state index in [-0.39, 0.29) is 22.3 Å². The Morgan fingerprint density at radius 1 is 1.32 bits per heavy atom. The molecule has 1 nitrogen and oxygen atoms in total. The van der Waals surface area contributed by atoms with Crippen molar-refractivity contribution in [1.82, 2.24) is 5.32 Å². The van der Waals surface area contributed by atoms with Gasteiger partial charge in [-0.2, -0.15) is 0 Å². The smallest absolute Gasteiger partial charge is 0.142 e. The normalized spacial score (nSPS) is 13.6. The van der Waals surface area contributed by atoms with Crippen LogP contribution in [0.2, 0.25) is 5.02 Å². The second-order valence-electron chi connectivity index (χ2n) is 6.25. The predicted octanol–water partition coefficient (Wildman–Crippen LogP) is 5.35. The maximum Gasteiger partial charge on any atom is 0.142 e. The van der Waals surface area contributed by atoms with Crippen LogP contribution >= 0.6 is 11.6 Å². The Kier molecular flexibility index (Phi) is 6.28. The summed E-state index contributed by atoms with van der Waals surface area (Å²) in [5, 5.41) is 3.73. The standard InChI is InChI=1S/C16H25ClFN/c1-5-11-19-14(9-10-16(2,3)4)12-7-6-8-13(18)15(12)17/h6-8,14,19H,5,9-11H2,1-4H3. The third-order valence-electron chi connectivity index (χ3n) is 3.18. The molecule has 0 spiro atoms. The highest BCUT2D eigenvalue weighted by molar-refractivity contribution is 6.31. The van der Waals surface area contributed by atoms with Crippen molar-refractivity contribution in [3.8, 4) is 0 Å². The number of hydrogen-bond acceptors (Lipinski definition) is 1. The van der Waals surface area contributed by atoms with E-state index in [1.54, 1.807) is 6.07 Å². The molecule has 0 aliphatic carbocycles. The lowest BCUT2D eigenvalue weighted by Gasteiger charge is -2.25. The average molecular weight is 286 g/mol. The maximum atomic E-state index is 13.6. The SMILES string of the molecule is CCCNC(CCC(C)(C)C)c1cccc(F)c1Cl. The molecule has 0 fully saturated rings. The van der Waals surface area contributed by atoms with Crippen molar-refractivity contribution in [2.75, 3.05) is 6.54 Å². The van der Waals surface area contributed by atoms with Gasteiger partial charge < -0.3 is 5.32 Å². The van der Waals surface area contributed by atoms with E-state index in [0.29, 0.717) is 0 Å². The quantitative estimate of drug-likeness (QED) is 0.743. The van der Waals surface area contributed by atoms with Gasteiger partial charge in [0.1, 0.15) is 5.82 Å². The van der Waals surface area contributed by atoms with Crippen molar-refractivity contribution in [3.63, 3.8) is 0 Å². The molecule has 1 atom stereocenters. The van der Waals surface area contributed by atoms with Crippen LogP contribution in [-0.2, 0) is 0 Å². The van der Waals surface area contributed by atoms with Crippen molar-refractivity contribution >= 4 is 11.6 Å². The van der Waals surface area contributed by atoms with Crippen LogP contribution in [0.5, 0.6) is 0 Å². The first-order valence-electron chi connectivity index (χ1n) is 7.02. The van der Waals surface area contributed by atoms with Gasteiger partial charge in [-0.1, -0.05) is 51.4 Å². The van der Waals surface area contributed by atoms with Crippen LogP contribution in [0.3, 0.4) is 0 Å². The molecule has 0 aliphatic heterocycles. The summed E-state index contributed by atoms with van der Waals surface area (Å²) < 4.78 is 13.6. The van der Waals surface area contributed by atoms with Gasteiger partial charge in [-0.3, -0.25) is 0 Å². The summed E-state index contributed by atoms with van der Waals surface area (Å²) in [6.07, 6.45) is 3.09. The van der Waals surface area contributed by atoms with E-state index in [9.17, 15) is 4.39 Å². The molecule has 108 valence electrons. The van der Waals surface area contributed by atoms with Crippen LogP contribution in [0.15, 0.2) is 18.2 Å². The molecule has 1 aromatic carbocycles. The first-order chi connectivity index (χ1) is 8.85. The summed E-state index contributed by atoms with van der Waals surface area (Å²) >= 11 is 6.10. The Morgan fingerprint density at radius 3 is 2.58 bits per heavy atom. The molecular weight excluding hydrogens is 261 g/mol. The highest BCUT2D eigenvalue weighted by atomic mass is 35.5. The van der Waals surface area contributed by atoms with Crippen LogP contribution in [0, 0.1) is 11.2 Å². The van der Waals surface area contributed by atoms with Crippen LogP contribution < -0.4 is 5.32 Å². The number of nitrogens with one attached hydrogen (secondary N) is 1. The molecule has 1 aromatic rings. The second kappa shape index (κ2) is 7.25. The summed E-state index contributed by atoms with van der Waals surface area (Å²) in [7, 11) is 0. The molecule has 0 saturated heterocycles. The van der Waals surface area contributed by atoms with Gasteiger partial charge in [0, 0.05) is 6.04 Å². The first kappa shape index (κ1) is 16.5. The van der Waals surface area contributed by atoms with E-state index < -0.39 is 0 Å². The summed E-state index contributed by atoms with van der Waals surface area (Å²) in [5.74, 6) is -0.335. The summed E-state index contributed by atoms with van der Waals surface area (Å²) in [6.45, 7) is 9.70. The molecule has 0 heterocycles. The Balaban J connectivity index is 2.86. The van der Waals surface area contributed by atoms with Crippen LogP contribution in [0.25, 0.3) is 0 Å². The molecule has 1 unspecified atom stereocenters. The van der Waals surface area contributed by atoms with Crippen molar-refractivity contribution in [3.05, 3.63) is 34.6 Å². The largest absolute Gasteiger partial charge is 0.310 e. The van der Waals surface area contributed by atoms with Crippen molar-refractivity contribution in [2.24, 2.45) is 5.41 Å². The molecule has 3 heteroatoms. The Labute approximate surface area is 121 Å². The van der Waals surface area contributed by atoms with Crippen LogP contribution in [0.1, 0.15) is 58.6 Å². The Hall–Kier alpha value is -0.600. The van der Waals surface area contributed by atoms with Gasteiger partial charge in [0.15, 0.2) is 0 Å². The topological polar surface area (TPSA) is 12.0 Å². The van der Waals surface area contributed by atoms with Gasteiger partial charge in [-0.05, 0) is 42.9 Å².